The van der Waals surface area contributed by atoms with E-state index in [1.54, 1.807) is 60.7 Å². The smallest absolute Gasteiger partial charge is 0.264 e. The Morgan fingerprint density at radius 3 is 2.34 bits per heavy atom. The van der Waals surface area contributed by atoms with Crippen molar-refractivity contribution in [1.82, 2.24) is 0 Å². The minimum absolute atomic E-state index is 0.172. The van der Waals surface area contributed by atoms with Crippen LogP contribution in [0.2, 0.25) is 0 Å². The summed E-state index contributed by atoms with van der Waals surface area (Å²) in [6.07, 6.45) is -0.357. The molecular formula is C23H17BrFNO3. The zero-order valence-corrected chi connectivity index (χ0v) is 16.9. The van der Waals surface area contributed by atoms with Crippen LogP contribution in [0.5, 0.6) is 0 Å². The van der Waals surface area contributed by atoms with Crippen LogP contribution in [0.1, 0.15) is 27.9 Å². The highest BCUT2D eigenvalue weighted by Crippen LogP contribution is 2.43. The molecule has 1 aliphatic heterocycles. The highest BCUT2D eigenvalue weighted by molar-refractivity contribution is 9.10. The van der Waals surface area contributed by atoms with Gasteiger partial charge in [0.05, 0.1) is 18.7 Å². The monoisotopic (exact) mass is 453 g/mol. The van der Waals surface area contributed by atoms with E-state index in [0.717, 1.165) is 10.0 Å². The molecule has 3 aromatic carbocycles. The Bertz CT molecular complexity index is 1080. The number of hydrogen-bond donors (Lipinski definition) is 1. The molecule has 1 aliphatic rings. The average molecular weight is 454 g/mol. The SMILES string of the molecule is O=C(C[C@@]1(O)C(=O)N(Cc2ccc(F)cc2)c2ccccc21)c1ccc(Br)cc1. The van der Waals surface area contributed by atoms with Gasteiger partial charge < -0.3 is 10.0 Å². The summed E-state index contributed by atoms with van der Waals surface area (Å²) in [5, 5.41) is 11.3. The lowest BCUT2D eigenvalue weighted by Crippen LogP contribution is -2.41. The Morgan fingerprint density at radius 1 is 1.00 bits per heavy atom. The molecule has 4 rings (SSSR count). The maximum absolute atomic E-state index is 13.2. The van der Waals surface area contributed by atoms with Gasteiger partial charge in [0.25, 0.3) is 5.91 Å². The number of aliphatic hydroxyl groups is 1. The molecule has 0 unspecified atom stereocenters. The third kappa shape index (κ3) is 3.61. The van der Waals surface area contributed by atoms with Gasteiger partial charge in [-0.05, 0) is 35.9 Å². The number of anilines is 1. The van der Waals surface area contributed by atoms with Crippen molar-refractivity contribution in [3.05, 3.63) is 99.8 Å². The summed E-state index contributed by atoms with van der Waals surface area (Å²) in [5.74, 6) is -1.25. The Hall–Kier alpha value is -2.83. The molecule has 0 radical (unpaired) electrons. The van der Waals surface area contributed by atoms with Crippen LogP contribution in [0.25, 0.3) is 0 Å². The summed E-state index contributed by atoms with van der Waals surface area (Å²) < 4.78 is 14.0. The van der Waals surface area contributed by atoms with Gasteiger partial charge in [0, 0.05) is 15.6 Å². The summed E-state index contributed by atoms with van der Waals surface area (Å²) in [7, 11) is 0. The topological polar surface area (TPSA) is 57.6 Å². The van der Waals surface area contributed by atoms with E-state index < -0.39 is 11.5 Å². The van der Waals surface area contributed by atoms with E-state index in [4.69, 9.17) is 0 Å². The molecular weight excluding hydrogens is 437 g/mol. The van der Waals surface area contributed by atoms with Crippen molar-refractivity contribution in [2.75, 3.05) is 4.90 Å². The molecule has 0 bridgehead atoms. The van der Waals surface area contributed by atoms with Crippen LogP contribution in [0, 0.1) is 5.82 Å². The molecule has 1 N–H and O–H groups in total. The van der Waals surface area contributed by atoms with Gasteiger partial charge in [0.1, 0.15) is 5.82 Å². The summed E-state index contributed by atoms with van der Waals surface area (Å²) in [5.41, 5.74) is 0.147. The lowest BCUT2D eigenvalue weighted by atomic mass is 9.88. The number of amides is 1. The first-order chi connectivity index (χ1) is 13.9. The molecule has 4 nitrogen and oxygen atoms in total. The van der Waals surface area contributed by atoms with Crippen LogP contribution in [-0.4, -0.2) is 16.8 Å². The van der Waals surface area contributed by atoms with E-state index in [0.29, 0.717) is 16.8 Å². The van der Waals surface area contributed by atoms with E-state index in [1.807, 2.05) is 0 Å². The average Bonchev–Trinajstić information content (AvgIpc) is 2.92. The highest BCUT2D eigenvalue weighted by atomic mass is 79.9. The van der Waals surface area contributed by atoms with Gasteiger partial charge in [-0.1, -0.05) is 58.4 Å². The number of fused-ring (bicyclic) bond motifs is 1. The quantitative estimate of drug-likeness (QED) is 0.574. The predicted molar refractivity (Wildman–Crippen MR) is 111 cm³/mol. The minimum Gasteiger partial charge on any atom is -0.375 e. The van der Waals surface area contributed by atoms with Crippen molar-refractivity contribution in [2.45, 2.75) is 18.6 Å². The van der Waals surface area contributed by atoms with Gasteiger partial charge in [-0.15, -0.1) is 0 Å². The van der Waals surface area contributed by atoms with Crippen molar-refractivity contribution in [2.24, 2.45) is 0 Å². The molecule has 146 valence electrons. The second-order valence-electron chi connectivity index (χ2n) is 7.00. The molecule has 0 saturated heterocycles. The number of carbonyl (C=O) groups excluding carboxylic acids is 2. The number of nitrogens with zero attached hydrogens (tertiary/aromatic N) is 1. The predicted octanol–water partition coefficient (Wildman–Crippen LogP) is 4.60. The van der Waals surface area contributed by atoms with Gasteiger partial charge in [0.15, 0.2) is 11.4 Å². The zero-order chi connectivity index (χ0) is 20.6. The molecule has 1 atom stereocenters. The first kappa shape index (κ1) is 19.5. The number of halogens is 2. The maximum Gasteiger partial charge on any atom is 0.264 e. The van der Waals surface area contributed by atoms with Crippen LogP contribution in [0.3, 0.4) is 0 Å². The number of benzene rings is 3. The number of ketones is 1. The minimum atomic E-state index is -1.94. The fourth-order valence-corrected chi connectivity index (χ4v) is 3.84. The highest BCUT2D eigenvalue weighted by Gasteiger charge is 2.50. The lowest BCUT2D eigenvalue weighted by molar-refractivity contribution is -0.136. The Labute approximate surface area is 175 Å². The van der Waals surface area contributed by atoms with Gasteiger partial charge in [0.2, 0.25) is 0 Å². The molecule has 0 saturated carbocycles. The molecule has 0 spiro atoms. The van der Waals surface area contributed by atoms with E-state index in [-0.39, 0.29) is 24.6 Å². The van der Waals surface area contributed by atoms with Crippen LogP contribution < -0.4 is 4.90 Å². The Balaban J connectivity index is 1.66. The molecule has 0 aliphatic carbocycles. The first-order valence-corrected chi connectivity index (χ1v) is 9.85. The number of Topliss-reactive ketones (excluding diaryl/α,β-unsaturated/α-hetero) is 1. The Kier molecular flexibility index (Phi) is 5.06. The number of para-hydroxylation sites is 1. The fraction of sp³-hybridized carbons (Fsp3) is 0.130. The van der Waals surface area contributed by atoms with Crippen molar-refractivity contribution < 1.29 is 19.1 Å². The van der Waals surface area contributed by atoms with Gasteiger partial charge in [-0.3, -0.25) is 9.59 Å². The molecule has 1 amide bonds. The number of rotatable bonds is 5. The summed E-state index contributed by atoms with van der Waals surface area (Å²) in [6, 6.07) is 19.5. The third-order valence-electron chi connectivity index (χ3n) is 5.08. The molecule has 0 fully saturated rings. The largest absolute Gasteiger partial charge is 0.375 e. The summed E-state index contributed by atoms with van der Waals surface area (Å²) >= 11 is 3.32. The third-order valence-corrected chi connectivity index (χ3v) is 5.60. The first-order valence-electron chi connectivity index (χ1n) is 9.05. The number of hydrogen-bond acceptors (Lipinski definition) is 3. The second kappa shape index (κ2) is 7.54. The Morgan fingerprint density at radius 2 is 1.66 bits per heavy atom. The van der Waals surface area contributed by atoms with Crippen LogP contribution in [-0.2, 0) is 16.9 Å². The van der Waals surface area contributed by atoms with Gasteiger partial charge in [-0.2, -0.15) is 0 Å². The summed E-state index contributed by atoms with van der Waals surface area (Å²) in [6.45, 7) is 0.172. The van der Waals surface area contributed by atoms with E-state index >= 15 is 0 Å². The molecule has 0 aromatic heterocycles. The maximum atomic E-state index is 13.2. The normalized spacial score (nSPS) is 18.0. The lowest BCUT2D eigenvalue weighted by Gasteiger charge is -2.23. The fourth-order valence-electron chi connectivity index (χ4n) is 3.58. The molecule has 3 aromatic rings. The second-order valence-corrected chi connectivity index (χ2v) is 7.92. The standard InChI is InChI=1S/C23H17BrFNO3/c24-17-9-7-16(8-10-17)21(27)13-23(29)19-3-1-2-4-20(19)26(22(23)28)14-15-5-11-18(25)12-6-15/h1-12,29H,13-14H2/t23-/m0/s1. The van der Waals surface area contributed by atoms with Crippen LogP contribution in [0.4, 0.5) is 10.1 Å². The van der Waals surface area contributed by atoms with Gasteiger partial charge in [-0.25, -0.2) is 4.39 Å². The van der Waals surface area contributed by atoms with Crippen molar-refractivity contribution >= 4 is 33.3 Å². The van der Waals surface area contributed by atoms with Crippen LogP contribution in [0.15, 0.2) is 77.3 Å². The van der Waals surface area contributed by atoms with Crippen LogP contribution >= 0.6 is 15.9 Å². The van der Waals surface area contributed by atoms with Gasteiger partial charge >= 0.3 is 0 Å². The van der Waals surface area contributed by atoms with Crippen molar-refractivity contribution in [3.63, 3.8) is 0 Å². The summed E-state index contributed by atoms with van der Waals surface area (Å²) in [4.78, 5) is 27.4. The van der Waals surface area contributed by atoms with E-state index in [2.05, 4.69) is 15.9 Å². The van der Waals surface area contributed by atoms with E-state index in [1.165, 1.54) is 17.0 Å². The molecule has 6 heteroatoms. The number of carbonyl (C=O) groups is 2. The molecule has 29 heavy (non-hydrogen) atoms. The van der Waals surface area contributed by atoms with E-state index in [9.17, 15) is 19.1 Å². The van der Waals surface area contributed by atoms with Crippen molar-refractivity contribution in [3.8, 4) is 0 Å². The zero-order valence-electron chi connectivity index (χ0n) is 15.3. The molecule has 1 heterocycles. The van der Waals surface area contributed by atoms with Crippen molar-refractivity contribution in [1.29, 1.82) is 0 Å².